The van der Waals surface area contributed by atoms with E-state index in [2.05, 4.69) is 21.8 Å². The van der Waals surface area contributed by atoms with Crippen molar-refractivity contribution in [3.8, 4) is 0 Å². The number of nitrogens with one attached hydrogen (secondary N) is 1. The van der Waals surface area contributed by atoms with Gasteiger partial charge >= 0.3 is 0 Å². The van der Waals surface area contributed by atoms with Crippen molar-refractivity contribution in [1.82, 2.24) is 14.9 Å². The highest BCUT2D eigenvalue weighted by Gasteiger charge is 2.16. The minimum Gasteiger partial charge on any atom is -0.328 e. The van der Waals surface area contributed by atoms with Gasteiger partial charge in [0, 0.05) is 19.0 Å². The summed E-state index contributed by atoms with van der Waals surface area (Å²) in [5, 5.41) is 3.56. The number of halogens is 1. The SMILES string of the molecule is CCn1c(CCC2CCCCN2)nc2c(F)cccc21. The third kappa shape index (κ3) is 2.57. The van der Waals surface area contributed by atoms with Crippen molar-refractivity contribution in [2.24, 2.45) is 0 Å². The zero-order valence-corrected chi connectivity index (χ0v) is 12.0. The van der Waals surface area contributed by atoms with Gasteiger partial charge in [-0.25, -0.2) is 9.37 Å². The number of fused-ring (bicyclic) bond motifs is 1. The van der Waals surface area contributed by atoms with Crippen molar-refractivity contribution >= 4 is 11.0 Å². The standard InChI is InChI=1S/C16H22FN3/c1-2-20-14-8-5-7-13(17)16(14)19-15(20)10-9-12-6-3-4-11-18-12/h5,7-8,12,18H,2-4,6,9-11H2,1H3. The Hall–Kier alpha value is -1.42. The Labute approximate surface area is 119 Å². The van der Waals surface area contributed by atoms with Gasteiger partial charge in [-0.15, -0.1) is 0 Å². The van der Waals surface area contributed by atoms with E-state index in [0.29, 0.717) is 11.6 Å². The van der Waals surface area contributed by atoms with Crippen LogP contribution >= 0.6 is 0 Å². The quantitative estimate of drug-likeness (QED) is 0.928. The first-order chi connectivity index (χ1) is 9.79. The maximum absolute atomic E-state index is 13.8. The first kappa shape index (κ1) is 13.6. The molecule has 0 bridgehead atoms. The lowest BCUT2D eigenvalue weighted by molar-refractivity contribution is 0.379. The molecule has 0 radical (unpaired) electrons. The van der Waals surface area contributed by atoms with E-state index >= 15 is 0 Å². The van der Waals surface area contributed by atoms with Crippen LogP contribution in [-0.2, 0) is 13.0 Å². The number of hydrogen-bond donors (Lipinski definition) is 1. The van der Waals surface area contributed by atoms with Gasteiger partial charge < -0.3 is 9.88 Å². The van der Waals surface area contributed by atoms with Gasteiger partial charge in [0.25, 0.3) is 0 Å². The van der Waals surface area contributed by atoms with Gasteiger partial charge in [0.05, 0.1) is 5.52 Å². The number of piperidine rings is 1. The molecule has 1 saturated heterocycles. The summed E-state index contributed by atoms with van der Waals surface area (Å²) >= 11 is 0. The second-order valence-corrected chi connectivity index (χ2v) is 5.57. The van der Waals surface area contributed by atoms with Gasteiger partial charge in [0.1, 0.15) is 11.3 Å². The van der Waals surface area contributed by atoms with Crippen LogP contribution in [0.1, 0.15) is 38.4 Å². The average molecular weight is 275 g/mol. The fourth-order valence-electron chi connectivity index (χ4n) is 3.18. The molecule has 0 saturated carbocycles. The van der Waals surface area contributed by atoms with Crippen molar-refractivity contribution in [1.29, 1.82) is 0 Å². The minimum absolute atomic E-state index is 0.216. The van der Waals surface area contributed by atoms with Crippen molar-refractivity contribution in [2.45, 2.75) is 51.6 Å². The van der Waals surface area contributed by atoms with Crippen LogP contribution in [0.25, 0.3) is 11.0 Å². The van der Waals surface area contributed by atoms with Crippen molar-refractivity contribution < 1.29 is 4.39 Å². The third-order valence-electron chi connectivity index (χ3n) is 4.25. The lowest BCUT2D eigenvalue weighted by Crippen LogP contribution is -2.34. The summed E-state index contributed by atoms with van der Waals surface area (Å²) in [7, 11) is 0. The van der Waals surface area contributed by atoms with Crippen molar-refractivity contribution in [2.75, 3.05) is 6.54 Å². The molecule has 1 fully saturated rings. The molecule has 1 unspecified atom stereocenters. The lowest BCUT2D eigenvalue weighted by atomic mass is 10.0. The molecule has 3 rings (SSSR count). The van der Waals surface area contributed by atoms with E-state index in [-0.39, 0.29) is 5.82 Å². The first-order valence-corrected chi connectivity index (χ1v) is 7.66. The van der Waals surface area contributed by atoms with E-state index in [1.54, 1.807) is 6.07 Å². The van der Waals surface area contributed by atoms with E-state index in [1.165, 1.54) is 25.3 Å². The molecule has 108 valence electrons. The number of imidazole rings is 1. The molecule has 1 atom stereocenters. The number of nitrogens with zero attached hydrogens (tertiary/aromatic N) is 2. The summed E-state index contributed by atoms with van der Waals surface area (Å²) < 4.78 is 16.0. The summed E-state index contributed by atoms with van der Waals surface area (Å²) in [6, 6.07) is 5.80. The van der Waals surface area contributed by atoms with Crippen LogP contribution in [0.3, 0.4) is 0 Å². The number of hydrogen-bond acceptors (Lipinski definition) is 2. The molecule has 3 nitrogen and oxygen atoms in total. The zero-order valence-electron chi connectivity index (χ0n) is 12.0. The Morgan fingerprint density at radius 3 is 3.05 bits per heavy atom. The van der Waals surface area contributed by atoms with E-state index in [1.807, 2.05) is 6.07 Å². The highest BCUT2D eigenvalue weighted by molar-refractivity contribution is 5.76. The predicted molar refractivity (Wildman–Crippen MR) is 79.3 cm³/mol. The molecule has 2 aromatic rings. The van der Waals surface area contributed by atoms with Crippen LogP contribution in [0.15, 0.2) is 18.2 Å². The van der Waals surface area contributed by atoms with Crippen LogP contribution in [-0.4, -0.2) is 22.1 Å². The summed E-state index contributed by atoms with van der Waals surface area (Å²) in [5.74, 6) is 0.798. The molecule has 1 aliphatic heterocycles. The zero-order chi connectivity index (χ0) is 13.9. The van der Waals surface area contributed by atoms with Gasteiger partial charge in [0.2, 0.25) is 0 Å². The van der Waals surface area contributed by atoms with Crippen LogP contribution in [0, 0.1) is 5.82 Å². The lowest BCUT2D eigenvalue weighted by Gasteiger charge is -2.23. The van der Waals surface area contributed by atoms with Gasteiger partial charge in [-0.1, -0.05) is 12.5 Å². The Bertz CT molecular complexity index is 585. The van der Waals surface area contributed by atoms with E-state index < -0.39 is 0 Å². The normalized spacial score (nSPS) is 19.6. The number of rotatable bonds is 4. The van der Waals surface area contributed by atoms with Crippen molar-refractivity contribution in [3.63, 3.8) is 0 Å². The molecule has 0 aliphatic carbocycles. The molecule has 1 aromatic heterocycles. The van der Waals surface area contributed by atoms with Crippen LogP contribution in [0.4, 0.5) is 4.39 Å². The summed E-state index contributed by atoms with van der Waals surface area (Å²) in [6.07, 6.45) is 5.86. The Kier molecular flexibility index (Phi) is 4.01. The monoisotopic (exact) mass is 275 g/mol. The van der Waals surface area contributed by atoms with E-state index in [9.17, 15) is 4.39 Å². The fourth-order valence-corrected chi connectivity index (χ4v) is 3.18. The fraction of sp³-hybridized carbons (Fsp3) is 0.562. The second kappa shape index (κ2) is 5.92. The van der Waals surface area contributed by atoms with Crippen LogP contribution in [0.2, 0.25) is 0 Å². The van der Waals surface area contributed by atoms with Gasteiger partial charge in [-0.05, 0) is 44.9 Å². The Balaban J connectivity index is 1.81. The van der Waals surface area contributed by atoms with Crippen LogP contribution in [0.5, 0.6) is 0 Å². The number of aromatic nitrogens is 2. The van der Waals surface area contributed by atoms with Crippen molar-refractivity contribution in [3.05, 3.63) is 29.8 Å². The number of para-hydroxylation sites is 1. The predicted octanol–water partition coefficient (Wildman–Crippen LogP) is 3.27. The molecule has 1 aliphatic rings. The van der Waals surface area contributed by atoms with Crippen LogP contribution < -0.4 is 5.32 Å². The molecular formula is C16H22FN3. The maximum atomic E-state index is 13.8. The van der Waals surface area contributed by atoms with Gasteiger partial charge in [0.15, 0.2) is 5.82 Å². The summed E-state index contributed by atoms with van der Waals surface area (Å²) in [4.78, 5) is 4.53. The third-order valence-corrected chi connectivity index (χ3v) is 4.25. The molecule has 2 heterocycles. The highest BCUT2D eigenvalue weighted by atomic mass is 19.1. The molecule has 0 spiro atoms. The molecule has 0 amide bonds. The molecule has 20 heavy (non-hydrogen) atoms. The first-order valence-electron chi connectivity index (χ1n) is 7.66. The number of benzene rings is 1. The highest BCUT2D eigenvalue weighted by Crippen LogP contribution is 2.21. The molecular weight excluding hydrogens is 253 g/mol. The molecule has 1 N–H and O–H groups in total. The summed E-state index contributed by atoms with van der Waals surface area (Å²) in [6.45, 7) is 4.06. The second-order valence-electron chi connectivity index (χ2n) is 5.57. The van der Waals surface area contributed by atoms with Gasteiger partial charge in [-0.3, -0.25) is 0 Å². The smallest absolute Gasteiger partial charge is 0.151 e. The van der Waals surface area contributed by atoms with Gasteiger partial charge in [-0.2, -0.15) is 0 Å². The maximum Gasteiger partial charge on any atom is 0.151 e. The Morgan fingerprint density at radius 2 is 2.30 bits per heavy atom. The molecule has 1 aromatic carbocycles. The minimum atomic E-state index is -0.216. The number of aryl methyl sites for hydroxylation is 2. The largest absolute Gasteiger partial charge is 0.328 e. The van der Waals surface area contributed by atoms with E-state index in [0.717, 1.165) is 37.3 Å². The average Bonchev–Trinajstić information content (AvgIpc) is 2.85. The van der Waals surface area contributed by atoms with E-state index in [4.69, 9.17) is 0 Å². The summed E-state index contributed by atoms with van der Waals surface area (Å²) in [5.41, 5.74) is 1.43. The topological polar surface area (TPSA) is 29.9 Å². The molecule has 4 heteroatoms. The Morgan fingerprint density at radius 1 is 1.40 bits per heavy atom.